The number of ether oxygens (including phenoxy) is 2. The molecule has 6 aromatic rings. The Morgan fingerprint density at radius 2 is 1.48 bits per heavy atom. The lowest BCUT2D eigenvalue weighted by atomic mass is 9.86. The summed E-state index contributed by atoms with van der Waals surface area (Å²) in [5.74, 6) is -0.933. The Morgan fingerprint density at radius 1 is 0.788 bits per heavy atom. The van der Waals surface area contributed by atoms with Gasteiger partial charge in [0.25, 0.3) is 11.8 Å². The normalized spacial score (nSPS) is 17.8. The third kappa shape index (κ3) is 11.1. The molecule has 0 bridgehead atoms. The van der Waals surface area contributed by atoms with Gasteiger partial charge in [0.05, 0.1) is 18.2 Å². The number of rotatable bonds is 18. The minimum atomic E-state index is -2.11. The Balaban J connectivity index is 0.763. The maximum absolute atomic E-state index is 13.8. The molecule has 2 aliphatic rings. The highest BCUT2D eigenvalue weighted by atomic mass is 16.5. The number of aromatic nitrogens is 1. The Hall–Kier alpha value is -6.84. The summed E-state index contributed by atoms with van der Waals surface area (Å²) in [5, 5.41) is 42.8. The van der Waals surface area contributed by atoms with Crippen molar-refractivity contribution in [1.29, 1.82) is 0 Å². The fourth-order valence-corrected chi connectivity index (χ4v) is 8.67. The number of nitrogens with one attached hydrogen (secondary N) is 4. The zero-order valence-corrected chi connectivity index (χ0v) is 36.5. The van der Waals surface area contributed by atoms with Crippen molar-refractivity contribution >= 4 is 28.7 Å². The maximum Gasteiger partial charge on any atom is 0.347 e. The number of carbonyl (C=O) groups is 3. The molecule has 7 N–H and O–H groups in total. The van der Waals surface area contributed by atoms with E-state index in [9.17, 15) is 34.5 Å². The van der Waals surface area contributed by atoms with Crippen LogP contribution >= 0.6 is 0 Å². The lowest BCUT2D eigenvalue weighted by molar-refractivity contribution is -0.164. The SMILES string of the molecule is O=C(COc1cccc([C@](O)(C(=O)OCC2CCN(Cc3ccccc3)CC2)c2ccccc2)c1)NC1CC(NC(=O)c2ccc(CNC[C@H](O)c3ccc(O)c4[nH]c(=O)ccc34)cc2)C1. The van der Waals surface area contributed by atoms with Crippen LogP contribution in [0.3, 0.4) is 0 Å². The van der Waals surface area contributed by atoms with Crippen LogP contribution in [0.4, 0.5) is 0 Å². The van der Waals surface area contributed by atoms with Crippen molar-refractivity contribution in [2.45, 2.75) is 62.6 Å². The van der Waals surface area contributed by atoms with Gasteiger partial charge < -0.3 is 45.7 Å². The summed E-state index contributed by atoms with van der Waals surface area (Å²) in [7, 11) is 0. The Labute approximate surface area is 382 Å². The number of aromatic amines is 1. The fraction of sp³-hybridized carbons (Fsp3) is 0.308. The third-order valence-electron chi connectivity index (χ3n) is 12.5. The van der Waals surface area contributed by atoms with Gasteiger partial charge in [-0.3, -0.25) is 19.3 Å². The molecule has 2 atom stereocenters. The summed E-state index contributed by atoms with van der Waals surface area (Å²) in [6, 6.07) is 38.4. The molecular weight excluding hydrogens is 839 g/mol. The number of aliphatic hydroxyl groups excluding tert-OH is 1. The van der Waals surface area contributed by atoms with Gasteiger partial charge in [-0.25, -0.2) is 4.79 Å². The van der Waals surface area contributed by atoms with Crippen LogP contribution in [0, 0.1) is 5.92 Å². The van der Waals surface area contributed by atoms with Crippen molar-refractivity contribution in [1.82, 2.24) is 25.8 Å². The van der Waals surface area contributed by atoms with Crippen molar-refractivity contribution in [3.8, 4) is 11.5 Å². The molecule has 2 amide bonds. The van der Waals surface area contributed by atoms with E-state index in [1.807, 2.05) is 30.3 Å². The predicted octanol–water partition coefficient (Wildman–Crippen LogP) is 5.20. The van der Waals surface area contributed by atoms with Crippen LogP contribution in [0.2, 0.25) is 0 Å². The molecule has 0 spiro atoms. The average Bonchev–Trinajstić information content (AvgIpc) is 3.33. The number of hydrogen-bond acceptors (Lipinski definition) is 11. The van der Waals surface area contributed by atoms with E-state index in [4.69, 9.17) is 9.47 Å². The predicted molar refractivity (Wildman–Crippen MR) is 249 cm³/mol. The van der Waals surface area contributed by atoms with E-state index in [2.05, 4.69) is 38.0 Å². The zero-order chi connectivity index (χ0) is 46.0. The van der Waals surface area contributed by atoms with Crippen LogP contribution in [0.15, 0.2) is 138 Å². The summed E-state index contributed by atoms with van der Waals surface area (Å²) in [5.41, 5.74) is 1.67. The molecule has 14 nitrogen and oxygen atoms in total. The molecule has 1 aliphatic heterocycles. The number of hydrogen-bond donors (Lipinski definition) is 7. The van der Waals surface area contributed by atoms with Crippen LogP contribution in [0.1, 0.15) is 70.0 Å². The molecule has 66 heavy (non-hydrogen) atoms. The second-order valence-corrected chi connectivity index (χ2v) is 17.2. The van der Waals surface area contributed by atoms with Gasteiger partial charge in [0, 0.05) is 54.3 Å². The second kappa shape index (κ2) is 21.0. The summed E-state index contributed by atoms with van der Waals surface area (Å²) in [6.07, 6.45) is 1.98. The van der Waals surface area contributed by atoms with Gasteiger partial charge in [-0.1, -0.05) is 91.0 Å². The summed E-state index contributed by atoms with van der Waals surface area (Å²) < 4.78 is 11.7. The van der Waals surface area contributed by atoms with Crippen LogP contribution in [0.5, 0.6) is 11.5 Å². The number of carbonyl (C=O) groups excluding carboxylic acids is 3. The number of aliphatic hydroxyl groups is 2. The molecule has 14 heteroatoms. The van der Waals surface area contributed by atoms with E-state index in [0.29, 0.717) is 47.2 Å². The maximum atomic E-state index is 13.8. The van der Waals surface area contributed by atoms with Gasteiger partial charge in [0.15, 0.2) is 6.61 Å². The Morgan fingerprint density at radius 3 is 2.23 bits per heavy atom. The van der Waals surface area contributed by atoms with Crippen molar-refractivity contribution in [2.75, 3.05) is 32.8 Å². The molecule has 0 unspecified atom stereocenters. The van der Waals surface area contributed by atoms with E-state index in [1.165, 1.54) is 17.7 Å². The monoisotopic (exact) mass is 893 g/mol. The number of phenols is 1. The lowest BCUT2D eigenvalue weighted by Crippen LogP contribution is -2.54. The first-order valence-electron chi connectivity index (χ1n) is 22.4. The molecule has 1 saturated heterocycles. The minimum Gasteiger partial charge on any atom is -0.506 e. The number of esters is 1. The molecular formula is C52H55N5O9. The highest BCUT2D eigenvalue weighted by Gasteiger charge is 2.42. The van der Waals surface area contributed by atoms with Gasteiger partial charge >= 0.3 is 5.97 Å². The number of phenolic OH excluding ortho intramolecular Hbond substituents is 1. The number of piperidine rings is 1. The molecule has 2 heterocycles. The molecule has 5 aromatic carbocycles. The highest BCUT2D eigenvalue weighted by molar-refractivity contribution is 5.94. The third-order valence-corrected chi connectivity index (χ3v) is 12.5. The number of aromatic hydroxyl groups is 1. The smallest absolute Gasteiger partial charge is 0.347 e. The quantitative estimate of drug-likeness (QED) is 0.0559. The first-order valence-corrected chi connectivity index (χ1v) is 22.4. The number of nitrogens with zero attached hydrogens (tertiary/aromatic N) is 1. The van der Waals surface area contributed by atoms with E-state index in [-0.39, 0.29) is 72.0 Å². The lowest BCUT2D eigenvalue weighted by Gasteiger charge is -2.36. The molecule has 1 aromatic heterocycles. The van der Waals surface area contributed by atoms with Gasteiger partial charge in [-0.2, -0.15) is 0 Å². The topological polar surface area (TPSA) is 203 Å². The zero-order valence-electron chi connectivity index (χ0n) is 36.5. The van der Waals surface area contributed by atoms with Crippen molar-refractivity contribution < 1.29 is 39.2 Å². The minimum absolute atomic E-state index is 0.0735. The van der Waals surface area contributed by atoms with Gasteiger partial charge in [0.2, 0.25) is 11.2 Å². The summed E-state index contributed by atoms with van der Waals surface area (Å²) in [6.45, 7) is 3.24. The van der Waals surface area contributed by atoms with Crippen LogP contribution in [-0.2, 0) is 33.0 Å². The molecule has 342 valence electrons. The number of fused-ring (bicyclic) bond motifs is 1. The van der Waals surface area contributed by atoms with Gasteiger partial charge in [-0.15, -0.1) is 0 Å². The van der Waals surface area contributed by atoms with Crippen molar-refractivity contribution in [3.05, 3.63) is 177 Å². The molecule has 1 saturated carbocycles. The van der Waals surface area contributed by atoms with Crippen molar-refractivity contribution in [2.24, 2.45) is 5.92 Å². The first kappa shape index (κ1) is 45.7. The number of H-pyrrole nitrogens is 1. The van der Waals surface area contributed by atoms with E-state index >= 15 is 0 Å². The second-order valence-electron chi connectivity index (χ2n) is 17.2. The highest BCUT2D eigenvalue weighted by Crippen LogP contribution is 2.34. The average molecular weight is 894 g/mol. The number of likely N-dealkylation sites (tertiary alicyclic amines) is 1. The van der Waals surface area contributed by atoms with Gasteiger partial charge in [-0.05, 0) is 103 Å². The van der Waals surface area contributed by atoms with E-state index in [1.54, 1.807) is 78.9 Å². The standard InChI is InChI=1S/C52H55N5O9/c58-45-20-18-43(44-19-21-47(60)56-49(44)45)46(59)30-53-29-34-14-16-37(17-15-34)50(62)55-41-27-40(28-41)54-48(61)33-65-42-13-7-12-39(26-42)52(64,38-10-5-2-6-11-38)51(63)66-32-36-22-24-57(25-23-36)31-35-8-3-1-4-9-35/h1-21,26,36,40-41,46,53,58-59,64H,22-25,27-33H2,(H,54,61)(H,55,62)(H,56,60)/t40?,41?,46-,52-/m0/s1. The summed E-state index contributed by atoms with van der Waals surface area (Å²) in [4.78, 5) is 56.5. The summed E-state index contributed by atoms with van der Waals surface area (Å²) >= 11 is 0. The Bertz CT molecular complexity index is 2670. The molecule has 2 fully saturated rings. The number of benzene rings is 5. The first-order chi connectivity index (χ1) is 32.0. The Kier molecular flexibility index (Phi) is 14.5. The molecule has 0 radical (unpaired) electrons. The molecule has 8 rings (SSSR count). The fourth-order valence-electron chi connectivity index (χ4n) is 8.67. The number of amides is 2. The largest absolute Gasteiger partial charge is 0.506 e. The van der Waals surface area contributed by atoms with Crippen molar-refractivity contribution in [3.63, 3.8) is 0 Å². The van der Waals surface area contributed by atoms with Gasteiger partial charge in [0.1, 0.15) is 11.5 Å². The van der Waals surface area contributed by atoms with Crippen LogP contribution in [0.25, 0.3) is 10.9 Å². The van der Waals surface area contributed by atoms with E-state index < -0.39 is 17.7 Å². The van der Waals surface area contributed by atoms with Crippen LogP contribution < -0.4 is 26.2 Å². The molecule has 1 aliphatic carbocycles. The van der Waals surface area contributed by atoms with E-state index in [0.717, 1.165) is 38.0 Å². The van der Waals surface area contributed by atoms with Crippen LogP contribution in [-0.4, -0.2) is 87.9 Å². The number of pyridine rings is 1.